The molecular weight excluding hydrogens is 332 g/mol. The lowest BCUT2D eigenvalue weighted by atomic mass is 9.99. The van der Waals surface area contributed by atoms with Crippen LogP contribution in [0.5, 0.6) is 5.75 Å². The highest BCUT2D eigenvalue weighted by atomic mass is 16.5. The van der Waals surface area contributed by atoms with Crippen molar-refractivity contribution in [2.75, 3.05) is 13.2 Å². The summed E-state index contributed by atoms with van der Waals surface area (Å²) in [6, 6.07) is 7.35. The van der Waals surface area contributed by atoms with Gasteiger partial charge in [0.2, 0.25) is 0 Å². The number of hydrogen-bond acceptors (Lipinski definition) is 6. The number of aliphatic hydroxyl groups excluding tert-OH is 1. The van der Waals surface area contributed by atoms with E-state index in [1.165, 1.54) is 12.4 Å². The Kier molecular flexibility index (Phi) is 5.46. The molecule has 134 valence electrons. The number of hydroxylamine groups is 2. The molecule has 0 fully saturated rings. The largest absolute Gasteiger partial charge is 0.493 e. The minimum absolute atomic E-state index is 0.0234. The second kappa shape index (κ2) is 7.95. The average molecular weight is 352 g/mol. The molecule has 26 heavy (non-hydrogen) atoms. The highest BCUT2D eigenvalue weighted by Gasteiger charge is 2.19. The van der Waals surface area contributed by atoms with Crippen LogP contribution in [0, 0.1) is 0 Å². The number of hydrogen-bond donors (Lipinski definition) is 2. The van der Waals surface area contributed by atoms with E-state index < -0.39 is 0 Å². The van der Waals surface area contributed by atoms with Crippen LogP contribution in [0.4, 0.5) is 0 Å². The maximum atomic E-state index is 11.6. The Bertz CT molecular complexity index is 862. The molecule has 0 spiro atoms. The third-order valence-electron chi connectivity index (χ3n) is 4.02. The molecule has 3 rings (SSSR count). The van der Waals surface area contributed by atoms with E-state index in [4.69, 9.17) is 9.84 Å². The van der Waals surface area contributed by atoms with E-state index in [9.17, 15) is 10.0 Å². The van der Waals surface area contributed by atoms with E-state index in [2.05, 4.69) is 4.99 Å². The molecule has 0 aromatic heterocycles. The van der Waals surface area contributed by atoms with Crippen LogP contribution in [0.2, 0.25) is 0 Å². The Labute approximate surface area is 151 Å². The summed E-state index contributed by atoms with van der Waals surface area (Å²) in [5, 5.41) is 20.1. The van der Waals surface area contributed by atoms with Gasteiger partial charge < -0.3 is 9.84 Å². The molecule has 1 aromatic rings. The summed E-state index contributed by atoms with van der Waals surface area (Å²) in [7, 11) is 0. The third kappa shape index (κ3) is 3.82. The van der Waals surface area contributed by atoms with Gasteiger partial charge in [-0.05, 0) is 48.9 Å². The number of carbonyl (C=O) groups excluding carboxylic acids is 1. The maximum Gasteiger partial charge on any atom is 0.181 e. The van der Waals surface area contributed by atoms with E-state index in [0.717, 1.165) is 10.6 Å². The van der Waals surface area contributed by atoms with Crippen LogP contribution >= 0.6 is 0 Å². The predicted octanol–water partition coefficient (Wildman–Crippen LogP) is 2.86. The smallest absolute Gasteiger partial charge is 0.181 e. The number of aliphatic hydroxyl groups is 1. The van der Waals surface area contributed by atoms with E-state index in [1.54, 1.807) is 25.2 Å². The highest BCUT2D eigenvalue weighted by molar-refractivity contribution is 6.05. The van der Waals surface area contributed by atoms with E-state index in [0.29, 0.717) is 41.3 Å². The normalized spacial score (nSPS) is 19.5. The summed E-state index contributed by atoms with van der Waals surface area (Å²) < 4.78 is 5.72. The Morgan fingerprint density at radius 1 is 1.19 bits per heavy atom. The van der Waals surface area contributed by atoms with Crippen molar-refractivity contribution < 1.29 is 19.8 Å². The number of para-hydroxylation sites is 1. The van der Waals surface area contributed by atoms with Crippen molar-refractivity contribution in [1.29, 1.82) is 0 Å². The Balaban J connectivity index is 1.99. The van der Waals surface area contributed by atoms with Crippen LogP contribution in [0.3, 0.4) is 0 Å². The number of nitrogens with zero attached hydrogens (tertiary/aromatic N) is 2. The highest BCUT2D eigenvalue weighted by Crippen LogP contribution is 2.32. The molecule has 0 saturated carbocycles. The molecule has 1 aromatic carbocycles. The second-order valence-electron chi connectivity index (χ2n) is 5.91. The molecule has 2 aliphatic rings. The third-order valence-corrected chi connectivity index (χ3v) is 4.02. The van der Waals surface area contributed by atoms with Gasteiger partial charge in [-0.1, -0.05) is 12.1 Å². The van der Waals surface area contributed by atoms with Crippen molar-refractivity contribution in [3.8, 4) is 5.75 Å². The fourth-order valence-corrected chi connectivity index (χ4v) is 2.63. The van der Waals surface area contributed by atoms with Crippen LogP contribution in [0.15, 0.2) is 70.4 Å². The summed E-state index contributed by atoms with van der Waals surface area (Å²) in [4.78, 5) is 15.9. The van der Waals surface area contributed by atoms with Gasteiger partial charge >= 0.3 is 0 Å². The van der Waals surface area contributed by atoms with Gasteiger partial charge in [-0.2, -0.15) is 0 Å². The number of ether oxygens (including phenoxy) is 1. The summed E-state index contributed by atoms with van der Waals surface area (Å²) in [6.07, 6.45) is 8.59. The quantitative estimate of drug-likeness (QED) is 0.796. The molecule has 1 aliphatic carbocycles. The lowest BCUT2D eigenvalue weighted by Gasteiger charge is -2.22. The Hall–Kier alpha value is -2.96. The Morgan fingerprint density at radius 2 is 2.00 bits per heavy atom. The molecule has 0 saturated heterocycles. The minimum Gasteiger partial charge on any atom is -0.493 e. The number of allylic oxidation sites excluding steroid dienone is 6. The van der Waals surface area contributed by atoms with Crippen LogP contribution in [0.25, 0.3) is 5.70 Å². The molecule has 1 aliphatic heterocycles. The van der Waals surface area contributed by atoms with Crippen molar-refractivity contribution >= 4 is 17.8 Å². The number of ketones is 1. The molecule has 0 unspecified atom stereocenters. The molecule has 0 bridgehead atoms. The molecule has 0 radical (unpaired) electrons. The van der Waals surface area contributed by atoms with E-state index in [-0.39, 0.29) is 12.4 Å². The molecule has 0 amide bonds. The molecule has 0 atom stereocenters. The number of rotatable bonds is 5. The van der Waals surface area contributed by atoms with Gasteiger partial charge in [-0.15, -0.1) is 0 Å². The van der Waals surface area contributed by atoms with Gasteiger partial charge in [0.1, 0.15) is 12.1 Å². The van der Waals surface area contributed by atoms with E-state index in [1.807, 2.05) is 24.3 Å². The first-order valence-electron chi connectivity index (χ1n) is 8.32. The zero-order chi connectivity index (χ0) is 18.5. The van der Waals surface area contributed by atoms with Crippen LogP contribution < -0.4 is 4.74 Å². The second-order valence-corrected chi connectivity index (χ2v) is 5.91. The zero-order valence-electron chi connectivity index (χ0n) is 14.4. The van der Waals surface area contributed by atoms with Gasteiger partial charge in [0, 0.05) is 24.2 Å². The van der Waals surface area contributed by atoms with E-state index >= 15 is 0 Å². The molecule has 6 heteroatoms. The average Bonchev–Trinajstić information content (AvgIpc) is 2.65. The zero-order valence-corrected chi connectivity index (χ0v) is 14.4. The van der Waals surface area contributed by atoms with Gasteiger partial charge in [-0.3, -0.25) is 10.0 Å². The molecule has 2 N–H and O–H groups in total. The number of benzene rings is 1. The fraction of sp³-hybridized carbons (Fsp3) is 0.200. The van der Waals surface area contributed by atoms with Crippen LogP contribution in [-0.2, 0) is 4.79 Å². The van der Waals surface area contributed by atoms with Crippen molar-refractivity contribution in [3.63, 3.8) is 0 Å². The van der Waals surface area contributed by atoms with Crippen molar-refractivity contribution in [1.82, 2.24) is 5.06 Å². The summed E-state index contributed by atoms with van der Waals surface area (Å²) >= 11 is 0. The van der Waals surface area contributed by atoms with Crippen molar-refractivity contribution in [2.45, 2.75) is 13.3 Å². The number of carbonyl (C=O) groups is 1. The first-order valence-corrected chi connectivity index (χ1v) is 8.32. The van der Waals surface area contributed by atoms with Gasteiger partial charge in [-0.25, -0.2) is 10.1 Å². The monoisotopic (exact) mass is 352 g/mol. The lowest BCUT2D eigenvalue weighted by Crippen LogP contribution is -2.19. The van der Waals surface area contributed by atoms with Crippen LogP contribution in [0.1, 0.15) is 18.9 Å². The first-order chi connectivity index (χ1) is 12.6. The number of aliphatic imine (C=N–C) groups is 1. The fourth-order valence-electron chi connectivity index (χ4n) is 2.63. The topological polar surface area (TPSA) is 82.4 Å². The van der Waals surface area contributed by atoms with Crippen LogP contribution in [-0.4, -0.2) is 40.7 Å². The van der Waals surface area contributed by atoms with Gasteiger partial charge in [0.15, 0.2) is 5.78 Å². The Morgan fingerprint density at radius 3 is 2.77 bits per heavy atom. The summed E-state index contributed by atoms with van der Waals surface area (Å²) in [5.41, 5.74) is 3.28. The van der Waals surface area contributed by atoms with Crippen molar-refractivity contribution in [3.05, 3.63) is 71.0 Å². The maximum absolute atomic E-state index is 11.6. The SMILES string of the molecule is CC1=CC(=C2C=C(c3ccccc3OCCCO)N(O)C=N2)C=CC1=O. The molecular formula is C20H20N2O4. The first kappa shape index (κ1) is 17.8. The van der Waals surface area contributed by atoms with Crippen molar-refractivity contribution in [2.24, 2.45) is 4.99 Å². The lowest BCUT2D eigenvalue weighted by molar-refractivity contribution is -0.111. The summed E-state index contributed by atoms with van der Waals surface area (Å²) in [6.45, 7) is 2.18. The minimum atomic E-state index is -0.0234. The predicted molar refractivity (Wildman–Crippen MR) is 98.7 cm³/mol. The van der Waals surface area contributed by atoms with Gasteiger partial charge in [0.05, 0.1) is 18.0 Å². The summed E-state index contributed by atoms with van der Waals surface area (Å²) in [5.74, 6) is 0.580. The van der Waals surface area contributed by atoms with Gasteiger partial charge in [0.25, 0.3) is 0 Å². The standard InChI is InChI=1S/C20H20N2O4/c1-14-11-15(7-8-19(14)24)17-12-18(22(25)13-21-17)16-5-2-3-6-20(16)26-10-4-9-23/h2-3,5-8,11-13,23,25H,4,9-10H2,1H3. The molecule has 1 heterocycles. The molecule has 6 nitrogen and oxygen atoms in total.